The van der Waals surface area contributed by atoms with Crippen LogP contribution in [0.2, 0.25) is 5.02 Å². The van der Waals surface area contributed by atoms with E-state index >= 15 is 0 Å². The van der Waals surface area contributed by atoms with Crippen molar-refractivity contribution < 1.29 is 9.47 Å². The van der Waals surface area contributed by atoms with Gasteiger partial charge in [-0.3, -0.25) is 4.90 Å². The van der Waals surface area contributed by atoms with Gasteiger partial charge >= 0.3 is 0 Å². The molecule has 4 nitrogen and oxygen atoms in total. The lowest BCUT2D eigenvalue weighted by Gasteiger charge is -2.23. The van der Waals surface area contributed by atoms with Crippen LogP contribution in [-0.2, 0) is 13.2 Å². The number of hydrogen-bond donors (Lipinski definition) is 1. The molecular formula is C22H29ClN2O2. The summed E-state index contributed by atoms with van der Waals surface area (Å²) in [5.74, 6) is 1.57. The maximum atomic E-state index is 6.13. The van der Waals surface area contributed by atoms with E-state index in [0.29, 0.717) is 12.6 Å². The molecule has 3 rings (SSSR count). The highest BCUT2D eigenvalue weighted by Crippen LogP contribution is 2.32. The van der Waals surface area contributed by atoms with Crippen molar-refractivity contribution in [3.8, 4) is 11.5 Å². The summed E-state index contributed by atoms with van der Waals surface area (Å²) in [7, 11) is 1.68. The zero-order chi connectivity index (χ0) is 19.1. The van der Waals surface area contributed by atoms with Crippen LogP contribution in [0, 0.1) is 0 Å². The van der Waals surface area contributed by atoms with Crippen LogP contribution in [0.4, 0.5) is 0 Å². The fraction of sp³-hybridized carbons (Fsp3) is 0.455. The number of methoxy groups -OCH3 is 1. The molecule has 0 spiro atoms. The summed E-state index contributed by atoms with van der Waals surface area (Å²) in [6.45, 7) is 6.83. The number of para-hydroxylation sites is 1. The summed E-state index contributed by atoms with van der Waals surface area (Å²) < 4.78 is 11.7. The Hall–Kier alpha value is -1.75. The van der Waals surface area contributed by atoms with Crippen LogP contribution in [0.25, 0.3) is 0 Å². The van der Waals surface area contributed by atoms with Gasteiger partial charge in [0.15, 0.2) is 11.5 Å². The predicted molar refractivity (Wildman–Crippen MR) is 111 cm³/mol. The van der Waals surface area contributed by atoms with Crippen LogP contribution >= 0.6 is 11.6 Å². The molecule has 5 heteroatoms. The second-order valence-corrected chi connectivity index (χ2v) is 7.36. The van der Waals surface area contributed by atoms with E-state index in [2.05, 4.69) is 23.2 Å². The fourth-order valence-corrected chi connectivity index (χ4v) is 3.80. The third kappa shape index (κ3) is 5.38. The van der Waals surface area contributed by atoms with Gasteiger partial charge in [-0.25, -0.2) is 0 Å². The Balaban J connectivity index is 1.63. The quantitative estimate of drug-likeness (QED) is 0.685. The van der Waals surface area contributed by atoms with Gasteiger partial charge in [-0.2, -0.15) is 0 Å². The van der Waals surface area contributed by atoms with E-state index in [4.69, 9.17) is 21.1 Å². The molecule has 1 aliphatic rings. The normalized spacial score (nSPS) is 17.2. The summed E-state index contributed by atoms with van der Waals surface area (Å²) in [6.07, 6.45) is 2.58. The Morgan fingerprint density at radius 2 is 2.00 bits per heavy atom. The summed E-state index contributed by atoms with van der Waals surface area (Å²) in [5.41, 5.74) is 2.19. The molecule has 1 N–H and O–H groups in total. The highest BCUT2D eigenvalue weighted by molar-refractivity contribution is 6.30. The van der Waals surface area contributed by atoms with Crippen LogP contribution in [0.15, 0.2) is 42.5 Å². The lowest BCUT2D eigenvalue weighted by molar-refractivity contribution is 0.258. The number of ether oxygens (including phenoxy) is 2. The molecule has 0 saturated carbocycles. The van der Waals surface area contributed by atoms with Gasteiger partial charge in [0.05, 0.1) is 7.11 Å². The van der Waals surface area contributed by atoms with Crippen molar-refractivity contribution in [3.63, 3.8) is 0 Å². The second-order valence-electron chi connectivity index (χ2n) is 6.92. The first kappa shape index (κ1) is 20.0. The summed E-state index contributed by atoms with van der Waals surface area (Å²) in [5, 5.41) is 4.34. The zero-order valence-corrected chi connectivity index (χ0v) is 17.0. The molecule has 0 aromatic heterocycles. The van der Waals surface area contributed by atoms with Gasteiger partial charge in [0.25, 0.3) is 0 Å². The number of rotatable bonds is 9. The van der Waals surface area contributed by atoms with E-state index in [-0.39, 0.29) is 0 Å². The Labute approximate surface area is 167 Å². The SMILES string of the molecule is CCN1CCC[C@@H]1CNCc1cccc(OC)c1OCc1ccc(Cl)cc1. The van der Waals surface area contributed by atoms with E-state index in [1.54, 1.807) is 7.11 Å². The van der Waals surface area contributed by atoms with E-state index < -0.39 is 0 Å². The topological polar surface area (TPSA) is 33.7 Å². The number of likely N-dealkylation sites (N-methyl/N-ethyl adjacent to an activating group) is 1. The molecule has 27 heavy (non-hydrogen) atoms. The van der Waals surface area contributed by atoms with Crippen molar-refractivity contribution in [1.82, 2.24) is 10.2 Å². The van der Waals surface area contributed by atoms with Crippen LogP contribution in [0.1, 0.15) is 30.9 Å². The van der Waals surface area contributed by atoms with Crippen molar-refractivity contribution in [2.75, 3.05) is 26.7 Å². The van der Waals surface area contributed by atoms with Crippen LogP contribution in [-0.4, -0.2) is 37.7 Å². The Kier molecular flexibility index (Phi) is 7.39. The van der Waals surface area contributed by atoms with Gasteiger partial charge in [0.1, 0.15) is 6.61 Å². The zero-order valence-electron chi connectivity index (χ0n) is 16.2. The number of benzene rings is 2. The number of likely N-dealkylation sites (tertiary alicyclic amines) is 1. The van der Waals surface area contributed by atoms with E-state index in [1.165, 1.54) is 19.4 Å². The number of nitrogens with one attached hydrogen (secondary N) is 1. The summed E-state index contributed by atoms with van der Waals surface area (Å²) in [4.78, 5) is 2.55. The first-order valence-corrected chi connectivity index (χ1v) is 10.1. The molecule has 0 bridgehead atoms. The summed E-state index contributed by atoms with van der Waals surface area (Å²) in [6, 6.07) is 14.4. The molecule has 146 valence electrons. The van der Waals surface area contributed by atoms with Gasteiger partial charge in [0, 0.05) is 29.7 Å². The van der Waals surface area contributed by atoms with Crippen LogP contribution in [0.3, 0.4) is 0 Å². The molecule has 1 heterocycles. The molecule has 2 aromatic carbocycles. The van der Waals surface area contributed by atoms with Gasteiger partial charge in [-0.15, -0.1) is 0 Å². The molecule has 0 radical (unpaired) electrons. The molecule has 0 amide bonds. The van der Waals surface area contributed by atoms with E-state index in [1.807, 2.05) is 36.4 Å². The molecule has 1 fully saturated rings. The molecular weight excluding hydrogens is 360 g/mol. The Bertz CT molecular complexity index is 721. The maximum Gasteiger partial charge on any atom is 0.166 e. The minimum atomic E-state index is 0.483. The fourth-order valence-electron chi connectivity index (χ4n) is 3.68. The van der Waals surface area contributed by atoms with Crippen LogP contribution in [0.5, 0.6) is 11.5 Å². The highest BCUT2D eigenvalue weighted by atomic mass is 35.5. The Morgan fingerprint density at radius 3 is 2.74 bits per heavy atom. The number of halogens is 1. The highest BCUT2D eigenvalue weighted by Gasteiger charge is 2.22. The smallest absolute Gasteiger partial charge is 0.166 e. The van der Waals surface area contributed by atoms with Crippen molar-refractivity contribution in [2.24, 2.45) is 0 Å². The Morgan fingerprint density at radius 1 is 1.19 bits per heavy atom. The standard InChI is InChI=1S/C22H29ClN2O2/c1-3-25-13-5-7-20(25)15-24-14-18-6-4-8-21(26-2)22(18)27-16-17-9-11-19(23)12-10-17/h4,6,8-12,20,24H,3,5,7,13-16H2,1-2H3/t20-/m1/s1. The first-order chi connectivity index (χ1) is 13.2. The van der Waals surface area contributed by atoms with Crippen molar-refractivity contribution >= 4 is 11.6 Å². The lowest BCUT2D eigenvalue weighted by atomic mass is 10.1. The molecule has 2 aromatic rings. The minimum absolute atomic E-state index is 0.483. The average Bonchev–Trinajstić information content (AvgIpc) is 3.15. The van der Waals surface area contributed by atoms with Crippen LogP contribution < -0.4 is 14.8 Å². The second kappa shape index (κ2) is 9.98. The van der Waals surface area contributed by atoms with E-state index in [9.17, 15) is 0 Å². The van der Waals surface area contributed by atoms with Gasteiger partial charge in [-0.1, -0.05) is 42.8 Å². The molecule has 1 saturated heterocycles. The molecule has 0 unspecified atom stereocenters. The van der Waals surface area contributed by atoms with Gasteiger partial charge < -0.3 is 14.8 Å². The molecule has 1 atom stereocenters. The van der Waals surface area contributed by atoms with Crippen molar-refractivity contribution in [2.45, 2.75) is 39.0 Å². The monoisotopic (exact) mass is 388 g/mol. The number of nitrogens with zero attached hydrogens (tertiary/aromatic N) is 1. The third-order valence-electron chi connectivity index (χ3n) is 5.18. The minimum Gasteiger partial charge on any atom is -0.493 e. The predicted octanol–water partition coefficient (Wildman–Crippen LogP) is 4.50. The van der Waals surface area contributed by atoms with Gasteiger partial charge in [-0.05, 0) is 49.7 Å². The third-order valence-corrected chi connectivity index (χ3v) is 5.43. The number of hydrogen-bond acceptors (Lipinski definition) is 4. The van der Waals surface area contributed by atoms with Crippen molar-refractivity contribution in [3.05, 3.63) is 58.6 Å². The van der Waals surface area contributed by atoms with Gasteiger partial charge in [0.2, 0.25) is 0 Å². The molecule has 1 aliphatic heterocycles. The largest absolute Gasteiger partial charge is 0.493 e. The first-order valence-electron chi connectivity index (χ1n) is 9.69. The van der Waals surface area contributed by atoms with Crippen molar-refractivity contribution in [1.29, 1.82) is 0 Å². The average molecular weight is 389 g/mol. The van der Waals surface area contributed by atoms with E-state index in [0.717, 1.165) is 47.3 Å². The summed E-state index contributed by atoms with van der Waals surface area (Å²) >= 11 is 5.96. The molecule has 0 aliphatic carbocycles. The maximum absolute atomic E-state index is 6.13. The lowest BCUT2D eigenvalue weighted by Crippen LogP contribution is -2.37.